The first kappa shape index (κ1) is 24.2. The van der Waals surface area contributed by atoms with Crippen LogP contribution in [0.2, 0.25) is 10.0 Å². The van der Waals surface area contributed by atoms with Crippen molar-refractivity contribution in [3.8, 4) is 11.7 Å². The normalized spacial score (nSPS) is 12.5. The molecular weight excluding hydrogens is 492 g/mol. The summed E-state index contributed by atoms with van der Waals surface area (Å²) in [5.41, 5.74) is 0.578. The number of aromatic nitrogens is 3. The summed E-state index contributed by atoms with van der Waals surface area (Å²) in [5, 5.41) is 6.96. The zero-order chi connectivity index (χ0) is 23.6. The monoisotopic (exact) mass is 506 g/mol. The first-order valence-corrected chi connectivity index (χ1v) is 11.1. The first-order valence-electron chi connectivity index (χ1n) is 8.81. The van der Waals surface area contributed by atoms with Crippen LogP contribution in [-0.4, -0.2) is 44.3 Å². The SMILES string of the molecule is Cc1cc(Cl)cc([S+](C)[O-])c1NC(=O)c1cc(OCC(F)(F)F)nn1-c1ncccc1Cl. The minimum Gasteiger partial charge on any atom is -0.612 e. The molecule has 1 N–H and O–H groups in total. The van der Waals surface area contributed by atoms with Gasteiger partial charge in [0.1, 0.15) is 11.9 Å². The molecule has 0 bridgehead atoms. The number of hydrogen-bond acceptors (Lipinski definition) is 5. The molecule has 3 rings (SSSR count). The molecule has 170 valence electrons. The summed E-state index contributed by atoms with van der Waals surface area (Å²) in [6.45, 7) is 0.0545. The van der Waals surface area contributed by atoms with Crippen LogP contribution in [0.5, 0.6) is 5.88 Å². The number of ether oxygens (including phenoxy) is 1. The van der Waals surface area contributed by atoms with Crippen LogP contribution in [0.3, 0.4) is 0 Å². The molecule has 0 saturated heterocycles. The van der Waals surface area contributed by atoms with E-state index in [9.17, 15) is 22.5 Å². The van der Waals surface area contributed by atoms with E-state index in [0.717, 1.165) is 10.7 Å². The summed E-state index contributed by atoms with van der Waals surface area (Å²) < 4.78 is 55.5. The summed E-state index contributed by atoms with van der Waals surface area (Å²) >= 11 is 10.7. The summed E-state index contributed by atoms with van der Waals surface area (Å²) in [7, 11) is 0. The third-order valence-corrected chi connectivity index (χ3v) is 5.51. The number of pyridine rings is 1. The van der Waals surface area contributed by atoms with Crippen molar-refractivity contribution in [1.29, 1.82) is 0 Å². The summed E-state index contributed by atoms with van der Waals surface area (Å²) in [6.07, 6.45) is -1.81. The van der Waals surface area contributed by atoms with E-state index in [1.807, 2.05) is 0 Å². The zero-order valence-electron chi connectivity index (χ0n) is 16.5. The van der Waals surface area contributed by atoms with Crippen LogP contribution in [0.15, 0.2) is 41.4 Å². The van der Waals surface area contributed by atoms with E-state index in [1.165, 1.54) is 30.7 Å². The lowest BCUT2D eigenvalue weighted by atomic mass is 10.2. The molecule has 13 heteroatoms. The third-order valence-electron chi connectivity index (χ3n) is 4.06. The predicted molar refractivity (Wildman–Crippen MR) is 114 cm³/mol. The molecule has 1 unspecified atom stereocenters. The van der Waals surface area contributed by atoms with Gasteiger partial charge in [0.15, 0.2) is 17.3 Å². The molecule has 1 amide bonds. The molecule has 0 saturated carbocycles. The van der Waals surface area contributed by atoms with E-state index < -0.39 is 35.7 Å². The van der Waals surface area contributed by atoms with Crippen LogP contribution < -0.4 is 10.1 Å². The van der Waals surface area contributed by atoms with Gasteiger partial charge >= 0.3 is 6.18 Å². The van der Waals surface area contributed by atoms with Gasteiger partial charge in [0.05, 0.1) is 10.7 Å². The number of carbonyl (C=O) groups is 1. The molecule has 3 aromatic rings. The van der Waals surface area contributed by atoms with E-state index in [1.54, 1.807) is 13.0 Å². The molecule has 0 spiro atoms. The highest BCUT2D eigenvalue weighted by Gasteiger charge is 2.30. The highest BCUT2D eigenvalue weighted by atomic mass is 35.5. The van der Waals surface area contributed by atoms with Crippen molar-refractivity contribution in [2.24, 2.45) is 0 Å². The Morgan fingerprint density at radius 2 is 2.03 bits per heavy atom. The number of hydrogen-bond donors (Lipinski definition) is 1. The number of halogens is 5. The second kappa shape index (κ2) is 9.57. The van der Waals surface area contributed by atoms with Crippen molar-refractivity contribution in [1.82, 2.24) is 14.8 Å². The Morgan fingerprint density at radius 3 is 2.66 bits per heavy atom. The first-order chi connectivity index (χ1) is 15.0. The molecule has 2 aromatic heterocycles. The average molecular weight is 507 g/mol. The largest absolute Gasteiger partial charge is 0.612 e. The van der Waals surface area contributed by atoms with Gasteiger partial charge in [0, 0.05) is 23.4 Å². The molecular formula is C19H15Cl2F3N4O3S. The van der Waals surface area contributed by atoms with Crippen LogP contribution in [-0.2, 0) is 11.2 Å². The van der Waals surface area contributed by atoms with Gasteiger partial charge in [0.2, 0.25) is 5.88 Å². The maximum atomic E-state index is 13.1. The second-order valence-corrected chi connectivity index (χ2v) is 8.69. The average Bonchev–Trinajstić information content (AvgIpc) is 3.12. The van der Waals surface area contributed by atoms with Gasteiger partial charge in [-0.25, -0.2) is 9.67 Å². The molecule has 7 nitrogen and oxygen atoms in total. The molecule has 0 aliphatic carbocycles. The van der Waals surface area contributed by atoms with Crippen molar-refractivity contribution >= 4 is 46.0 Å². The lowest BCUT2D eigenvalue weighted by Gasteiger charge is -2.15. The third kappa shape index (κ3) is 5.66. The Labute approximate surface area is 193 Å². The van der Waals surface area contributed by atoms with Crippen molar-refractivity contribution in [2.45, 2.75) is 18.0 Å². The van der Waals surface area contributed by atoms with E-state index in [-0.39, 0.29) is 27.1 Å². The standard InChI is InChI=1S/C19H15Cl2F3N4O3S/c1-10-6-11(20)7-14(32(2)30)16(10)26-18(29)13-8-15(31-9-19(22,23)24)27-28(13)17-12(21)4-3-5-25-17/h3-8H,9H2,1-2H3,(H,26,29). The van der Waals surface area contributed by atoms with Gasteiger partial charge in [-0.15, -0.1) is 5.10 Å². The van der Waals surface area contributed by atoms with Gasteiger partial charge in [-0.1, -0.05) is 23.2 Å². The zero-order valence-corrected chi connectivity index (χ0v) is 18.9. The van der Waals surface area contributed by atoms with Crippen LogP contribution in [0, 0.1) is 6.92 Å². The number of amides is 1. The maximum absolute atomic E-state index is 13.1. The van der Waals surface area contributed by atoms with E-state index in [0.29, 0.717) is 10.6 Å². The molecule has 0 aliphatic rings. The molecule has 2 heterocycles. The minimum atomic E-state index is -4.60. The Bertz CT molecular complexity index is 1160. The highest BCUT2D eigenvalue weighted by molar-refractivity contribution is 7.90. The van der Waals surface area contributed by atoms with E-state index >= 15 is 0 Å². The number of anilines is 1. The number of rotatable bonds is 6. The fourth-order valence-corrected chi connectivity index (χ4v) is 4.05. The summed E-state index contributed by atoms with van der Waals surface area (Å²) in [4.78, 5) is 17.4. The highest BCUT2D eigenvalue weighted by Crippen LogP contribution is 2.31. The van der Waals surface area contributed by atoms with E-state index in [4.69, 9.17) is 23.2 Å². The number of benzene rings is 1. The van der Waals surface area contributed by atoms with Crippen LogP contribution >= 0.6 is 23.2 Å². The van der Waals surface area contributed by atoms with Gasteiger partial charge < -0.3 is 14.6 Å². The van der Waals surface area contributed by atoms with Gasteiger partial charge in [-0.3, -0.25) is 4.79 Å². The van der Waals surface area contributed by atoms with Crippen molar-refractivity contribution in [3.05, 3.63) is 57.8 Å². The Kier molecular flexibility index (Phi) is 7.23. The molecule has 32 heavy (non-hydrogen) atoms. The molecule has 1 aromatic carbocycles. The van der Waals surface area contributed by atoms with Crippen LogP contribution in [0.1, 0.15) is 16.1 Å². The number of nitrogens with one attached hydrogen (secondary N) is 1. The van der Waals surface area contributed by atoms with Gasteiger partial charge in [-0.2, -0.15) is 13.2 Å². The summed E-state index contributed by atoms with van der Waals surface area (Å²) in [5.74, 6) is -1.21. The lowest BCUT2D eigenvalue weighted by molar-refractivity contribution is -0.154. The predicted octanol–water partition coefficient (Wildman–Crippen LogP) is 4.81. The molecule has 0 radical (unpaired) electrons. The Morgan fingerprint density at radius 1 is 1.31 bits per heavy atom. The van der Waals surface area contributed by atoms with Crippen molar-refractivity contribution in [2.75, 3.05) is 18.2 Å². The Hall–Kier alpha value is -2.47. The quantitative estimate of drug-likeness (QED) is 0.484. The fourth-order valence-electron chi connectivity index (χ4n) is 2.72. The van der Waals surface area contributed by atoms with Gasteiger partial charge in [0.25, 0.3) is 5.91 Å². The Balaban J connectivity index is 2.04. The topological polar surface area (TPSA) is 92.1 Å². The molecule has 0 fully saturated rings. The fraction of sp³-hybridized carbons (Fsp3) is 0.211. The number of alkyl halides is 3. The van der Waals surface area contributed by atoms with Crippen LogP contribution in [0.4, 0.5) is 18.9 Å². The molecule has 0 aliphatic heterocycles. The van der Waals surface area contributed by atoms with Crippen molar-refractivity contribution < 1.29 is 27.3 Å². The minimum absolute atomic E-state index is 0.00768. The van der Waals surface area contributed by atoms with Crippen molar-refractivity contribution in [3.63, 3.8) is 0 Å². The maximum Gasteiger partial charge on any atom is 0.422 e. The summed E-state index contributed by atoms with van der Waals surface area (Å²) in [6, 6.07) is 7.06. The van der Waals surface area contributed by atoms with Gasteiger partial charge in [-0.05, 0) is 41.9 Å². The smallest absolute Gasteiger partial charge is 0.422 e. The number of nitrogens with zero attached hydrogens (tertiary/aromatic N) is 3. The lowest BCUT2D eigenvalue weighted by Crippen LogP contribution is -2.20. The second-order valence-electron chi connectivity index (χ2n) is 6.50. The molecule has 1 atom stereocenters. The number of aryl methyl sites for hydroxylation is 1. The van der Waals surface area contributed by atoms with Crippen LogP contribution in [0.25, 0.3) is 5.82 Å². The van der Waals surface area contributed by atoms with E-state index in [2.05, 4.69) is 20.1 Å². The number of carbonyl (C=O) groups excluding carboxylic acids is 1.